The molecule has 0 radical (unpaired) electrons. The highest BCUT2D eigenvalue weighted by Crippen LogP contribution is 2.29. The van der Waals surface area contributed by atoms with Gasteiger partial charge < -0.3 is 5.11 Å². The molecule has 0 aromatic heterocycles. The zero-order valence-electron chi connectivity index (χ0n) is 14.2. The van der Waals surface area contributed by atoms with Crippen molar-refractivity contribution in [3.05, 3.63) is 35.5 Å². The Balaban J connectivity index is 2.25. The largest absolute Gasteiger partial charge is 0.481 e. The number of carbonyl (C=O) groups is 1. The van der Waals surface area contributed by atoms with Gasteiger partial charge in [-0.15, -0.1) is 0 Å². The van der Waals surface area contributed by atoms with E-state index in [-0.39, 0.29) is 6.42 Å². The van der Waals surface area contributed by atoms with E-state index in [1.807, 2.05) is 0 Å². The summed E-state index contributed by atoms with van der Waals surface area (Å²) in [5, 5.41) is 8.59. The Morgan fingerprint density at radius 3 is 2.64 bits per heavy atom. The second-order valence-electron chi connectivity index (χ2n) is 6.20. The van der Waals surface area contributed by atoms with E-state index in [2.05, 4.69) is 31.2 Å². The molecule has 0 bridgehead atoms. The number of unbranched alkanes of at least 4 members (excludes halogenated alkanes) is 5. The summed E-state index contributed by atoms with van der Waals surface area (Å²) in [4.78, 5) is 10.4. The molecule has 0 amide bonds. The Labute approximate surface area is 136 Å². The summed E-state index contributed by atoms with van der Waals surface area (Å²) in [5.41, 5.74) is 3.13. The Bertz CT molecular complexity index is 402. The van der Waals surface area contributed by atoms with E-state index in [9.17, 15) is 4.79 Å². The fraction of sp³-hybridized carbons (Fsp3) is 0.650. The molecule has 0 aromatic carbocycles. The van der Waals surface area contributed by atoms with Crippen LogP contribution in [0.1, 0.15) is 84.0 Å². The monoisotopic (exact) mass is 304 g/mol. The molecule has 1 aliphatic rings. The number of allylic oxidation sites excluding steroid dienone is 6. The van der Waals surface area contributed by atoms with Crippen LogP contribution in [-0.4, -0.2) is 11.1 Å². The molecule has 0 spiro atoms. The molecule has 2 heteroatoms. The molecule has 124 valence electrons. The first-order chi connectivity index (χ1) is 10.7. The lowest BCUT2D eigenvalue weighted by Crippen LogP contribution is -1.92. The molecule has 2 nitrogen and oxygen atoms in total. The molecule has 1 aliphatic carbocycles. The number of carboxylic acids is 1. The van der Waals surface area contributed by atoms with Gasteiger partial charge in [0.15, 0.2) is 0 Å². The molecule has 1 rings (SSSR count). The normalized spacial score (nSPS) is 15.5. The first kappa shape index (κ1) is 18.7. The van der Waals surface area contributed by atoms with Crippen LogP contribution in [0.5, 0.6) is 0 Å². The Morgan fingerprint density at radius 1 is 1.05 bits per heavy atom. The van der Waals surface area contributed by atoms with Gasteiger partial charge in [0.25, 0.3) is 0 Å². The Morgan fingerprint density at radius 2 is 1.86 bits per heavy atom. The van der Waals surface area contributed by atoms with Gasteiger partial charge in [0.2, 0.25) is 0 Å². The van der Waals surface area contributed by atoms with Crippen molar-refractivity contribution in [1.82, 2.24) is 0 Å². The zero-order valence-corrected chi connectivity index (χ0v) is 14.2. The number of hydrogen-bond acceptors (Lipinski definition) is 1. The summed E-state index contributed by atoms with van der Waals surface area (Å²) in [5.74, 6) is -0.696. The highest BCUT2D eigenvalue weighted by Gasteiger charge is 2.10. The third kappa shape index (κ3) is 8.86. The van der Waals surface area contributed by atoms with Crippen LogP contribution < -0.4 is 0 Å². The summed E-state index contributed by atoms with van der Waals surface area (Å²) in [7, 11) is 0. The van der Waals surface area contributed by atoms with Gasteiger partial charge in [0.05, 0.1) is 0 Å². The van der Waals surface area contributed by atoms with Crippen LogP contribution in [0.4, 0.5) is 0 Å². The average Bonchev–Trinajstić information content (AvgIpc) is 2.93. The average molecular weight is 304 g/mol. The molecule has 0 saturated heterocycles. The van der Waals surface area contributed by atoms with Crippen molar-refractivity contribution in [2.24, 2.45) is 0 Å². The maximum atomic E-state index is 10.4. The maximum Gasteiger partial charge on any atom is 0.303 e. The lowest BCUT2D eigenvalue weighted by atomic mass is 10.1. The molecular weight excluding hydrogens is 272 g/mol. The molecule has 0 aromatic rings. The van der Waals surface area contributed by atoms with E-state index in [4.69, 9.17) is 5.11 Å². The summed E-state index contributed by atoms with van der Waals surface area (Å²) in [6.45, 7) is 2.25. The van der Waals surface area contributed by atoms with Crippen LogP contribution in [0.2, 0.25) is 0 Å². The van der Waals surface area contributed by atoms with Crippen LogP contribution in [0, 0.1) is 0 Å². The molecule has 0 unspecified atom stereocenters. The molecule has 0 saturated carbocycles. The minimum Gasteiger partial charge on any atom is -0.481 e. The first-order valence-electron chi connectivity index (χ1n) is 8.98. The van der Waals surface area contributed by atoms with E-state index in [0.29, 0.717) is 0 Å². The standard InChI is InChI=1S/C20H32O2/c1-2-3-4-5-6-9-13-18-15-12-16-19(18)14-10-7-8-11-17-20(21)22/h7,9-10,13H,2-6,8,11-12,14-17H2,1H3,(H,21,22). The van der Waals surface area contributed by atoms with Crippen molar-refractivity contribution in [2.45, 2.75) is 84.0 Å². The van der Waals surface area contributed by atoms with Crippen molar-refractivity contribution in [1.29, 1.82) is 0 Å². The van der Waals surface area contributed by atoms with Gasteiger partial charge in [-0.3, -0.25) is 4.79 Å². The predicted octanol–water partition coefficient (Wildman–Crippen LogP) is 6.19. The first-order valence-corrected chi connectivity index (χ1v) is 8.98. The number of rotatable bonds is 12. The summed E-state index contributed by atoms with van der Waals surface area (Å²) in [6, 6.07) is 0. The molecule has 22 heavy (non-hydrogen) atoms. The summed E-state index contributed by atoms with van der Waals surface area (Å²) >= 11 is 0. The molecule has 0 atom stereocenters. The quantitative estimate of drug-likeness (QED) is 0.344. The van der Waals surface area contributed by atoms with E-state index >= 15 is 0 Å². The SMILES string of the molecule is CCCCCCC=CC1=C(CC=CCCCC(=O)O)CCC1. The van der Waals surface area contributed by atoms with Gasteiger partial charge in [-0.1, -0.05) is 56.1 Å². The number of carboxylic acid groups (broad SMARTS) is 1. The van der Waals surface area contributed by atoms with Crippen molar-refractivity contribution < 1.29 is 9.90 Å². The fourth-order valence-corrected chi connectivity index (χ4v) is 2.89. The van der Waals surface area contributed by atoms with Gasteiger partial charge in [0.1, 0.15) is 0 Å². The minimum absolute atomic E-state index is 0.277. The van der Waals surface area contributed by atoms with Crippen LogP contribution in [0.25, 0.3) is 0 Å². The number of hydrogen-bond donors (Lipinski definition) is 1. The van der Waals surface area contributed by atoms with Crippen molar-refractivity contribution in [3.63, 3.8) is 0 Å². The third-order valence-electron chi connectivity index (χ3n) is 4.21. The Kier molecular flexibility index (Phi) is 10.4. The third-order valence-corrected chi connectivity index (χ3v) is 4.21. The highest BCUT2D eigenvalue weighted by atomic mass is 16.4. The van der Waals surface area contributed by atoms with E-state index in [0.717, 1.165) is 19.3 Å². The van der Waals surface area contributed by atoms with Gasteiger partial charge >= 0.3 is 5.97 Å². The Hall–Kier alpha value is -1.31. The van der Waals surface area contributed by atoms with Crippen molar-refractivity contribution >= 4 is 5.97 Å². The van der Waals surface area contributed by atoms with E-state index in [1.165, 1.54) is 51.4 Å². The minimum atomic E-state index is -0.696. The maximum absolute atomic E-state index is 10.4. The highest BCUT2D eigenvalue weighted by molar-refractivity contribution is 5.66. The van der Waals surface area contributed by atoms with E-state index < -0.39 is 5.97 Å². The van der Waals surface area contributed by atoms with Gasteiger partial charge in [0, 0.05) is 6.42 Å². The van der Waals surface area contributed by atoms with Crippen LogP contribution >= 0.6 is 0 Å². The fourth-order valence-electron chi connectivity index (χ4n) is 2.89. The van der Waals surface area contributed by atoms with Crippen molar-refractivity contribution in [3.8, 4) is 0 Å². The molecule has 0 fully saturated rings. The molecule has 0 heterocycles. The van der Waals surface area contributed by atoms with Gasteiger partial charge in [-0.05, 0) is 56.9 Å². The smallest absolute Gasteiger partial charge is 0.303 e. The molecule has 0 aliphatic heterocycles. The summed E-state index contributed by atoms with van der Waals surface area (Å²) in [6.07, 6.45) is 22.3. The molecular formula is C20H32O2. The van der Waals surface area contributed by atoms with Crippen LogP contribution in [-0.2, 0) is 4.79 Å². The zero-order chi connectivity index (χ0) is 16.0. The lowest BCUT2D eigenvalue weighted by molar-refractivity contribution is -0.137. The van der Waals surface area contributed by atoms with Crippen LogP contribution in [0.15, 0.2) is 35.5 Å². The van der Waals surface area contributed by atoms with Crippen molar-refractivity contribution in [2.75, 3.05) is 0 Å². The van der Waals surface area contributed by atoms with Gasteiger partial charge in [-0.25, -0.2) is 0 Å². The van der Waals surface area contributed by atoms with Crippen LogP contribution in [0.3, 0.4) is 0 Å². The topological polar surface area (TPSA) is 37.3 Å². The predicted molar refractivity (Wildman–Crippen MR) is 94.0 cm³/mol. The second kappa shape index (κ2) is 12.3. The molecule has 1 N–H and O–H groups in total. The number of aliphatic carboxylic acids is 1. The lowest BCUT2D eigenvalue weighted by Gasteiger charge is -2.00. The second-order valence-corrected chi connectivity index (χ2v) is 6.20. The van der Waals surface area contributed by atoms with E-state index in [1.54, 1.807) is 11.1 Å². The summed E-state index contributed by atoms with van der Waals surface area (Å²) < 4.78 is 0. The van der Waals surface area contributed by atoms with Gasteiger partial charge in [-0.2, -0.15) is 0 Å².